The molecule has 1 amide bonds. The Morgan fingerprint density at radius 1 is 1.07 bits per heavy atom. The smallest absolute Gasteiger partial charge is 0.279 e. The molecule has 28 heavy (non-hydrogen) atoms. The summed E-state index contributed by atoms with van der Waals surface area (Å²) in [6, 6.07) is 8.99. The number of aryl methyl sites for hydroxylation is 1. The van der Waals surface area contributed by atoms with Crippen LogP contribution in [0.2, 0.25) is 0 Å². The lowest BCUT2D eigenvalue weighted by atomic mass is 10.1. The van der Waals surface area contributed by atoms with Crippen LogP contribution in [0.3, 0.4) is 0 Å². The van der Waals surface area contributed by atoms with E-state index in [0.29, 0.717) is 34.2 Å². The highest BCUT2D eigenvalue weighted by Gasteiger charge is 2.17. The van der Waals surface area contributed by atoms with E-state index in [-0.39, 0.29) is 0 Å². The number of hydrogen-bond acceptors (Lipinski definition) is 6. The minimum absolute atomic E-state index is 0.344. The summed E-state index contributed by atoms with van der Waals surface area (Å²) in [6.45, 7) is 2.50. The SMILES string of the molecule is CCOc1cccc2sc(=NC(=O)c3cc(OC)c(OC)c(OC)c3)n(C)c12. The molecule has 0 radical (unpaired) electrons. The lowest BCUT2D eigenvalue weighted by Crippen LogP contribution is -2.14. The summed E-state index contributed by atoms with van der Waals surface area (Å²) in [6.07, 6.45) is 0. The molecule has 0 aliphatic carbocycles. The molecular weight excluding hydrogens is 380 g/mol. The summed E-state index contributed by atoms with van der Waals surface area (Å²) < 4.78 is 24.5. The third-order valence-electron chi connectivity index (χ3n) is 4.19. The number of fused-ring (bicyclic) bond motifs is 1. The summed E-state index contributed by atoms with van der Waals surface area (Å²) in [7, 11) is 6.38. The number of amides is 1. The number of para-hydroxylation sites is 1. The van der Waals surface area contributed by atoms with E-state index in [1.807, 2.05) is 36.7 Å². The van der Waals surface area contributed by atoms with Gasteiger partial charge in [0, 0.05) is 12.6 Å². The molecule has 0 aliphatic rings. The highest BCUT2D eigenvalue weighted by molar-refractivity contribution is 7.16. The number of carbonyl (C=O) groups excluding carboxylic acids is 1. The lowest BCUT2D eigenvalue weighted by molar-refractivity contribution is 0.0997. The predicted molar refractivity (Wildman–Crippen MR) is 108 cm³/mol. The van der Waals surface area contributed by atoms with Crippen molar-refractivity contribution < 1.29 is 23.7 Å². The Balaban J connectivity index is 2.11. The van der Waals surface area contributed by atoms with Crippen LogP contribution in [0.5, 0.6) is 23.0 Å². The largest absolute Gasteiger partial charge is 0.493 e. The van der Waals surface area contributed by atoms with Crippen LogP contribution < -0.4 is 23.7 Å². The zero-order valence-corrected chi connectivity index (χ0v) is 17.3. The number of methoxy groups -OCH3 is 3. The average molecular weight is 402 g/mol. The van der Waals surface area contributed by atoms with Gasteiger partial charge < -0.3 is 23.5 Å². The van der Waals surface area contributed by atoms with Gasteiger partial charge in [0.1, 0.15) is 11.3 Å². The maximum absolute atomic E-state index is 12.8. The van der Waals surface area contributed by atoms with E-state index in [1.54, 1.807) is 12.1 Å². The monoisotopic (exact) mass is 402 g/mol. The quantitative estimate of drug-likeness (QED) is 0.632. The first-order valence-electron chi connectivity index (χ1n) is 8.64. The number of ether oxygens (including phenoxy) is 4. The van der Waals surface area contributed by atoms with Gasteiger partial charge in [0.2, 0.25) is 5.75 Å². The number of aromatic nitrogens is 1. The van der Waals surface area contributed by atoms with Crippen molar-refractivity contribution in [3.05, 3.63) is 40.7 Å². The second kappa shape index (κ2) is 8.35. The molecule has 0 spiro atoms. The molecule has 3 rings (SSSR count). The first kappa shape index (κ1) is 19.8. The van der Waals surface area contributed by atoms with Gasteiger partial charge in [-0.1, -0.05) is 17.4 Å². The molecule has 3 aromatic rings. The molecule has 8 heteroatoms. The van der Waals surface area contributed by atoms with Crippen molar-refractivity contribution in [2.75, 3.05) is 27.9 Å². The number of benzene rings is 2. The van der Waals surface area contributed by atoms with Crippen LogP contribution in [0.4, 0.5) is 0 Å². The van der Waals surface area contributed by atoms with Crippen LogP contribution in [0, 0.1) is 0 Å². The zero-order chi connectivity index (χ0) is 20.3. The summed E-state index contributed by atoms with van der Waals surface area (Å²) in [5.74, 6) is 1.59. The van der Waals surface area contributed by atoms with Gasteiger partial charge in [0.05, 0.1) is 32.6 Å². The maximum Gasteiger partial charge on any atom is 0.279 e. The molecule has 7 nitrogen and oxygen atoms in total. The number of nitrogens with zero attached hydrogens (tertiary/aromatic N) is 2. The highest BCUT2D eigenvalue weighted by atomic mass is 32.1. The van der Waals surface area contributed by atoms with Crippen molar-refractivity contribution in [2.45, 2.75) is 6.92 Å². The van der Waals surface area contributed by atoms with Crippen molar-refractivity contribution in [2.24, 2.45) is 12.0 Å². The fourth-order valence-corrected chi connectivity index (χ4v) is 3.94. The number of rotatable bonds is 6. The summed E-state index contributed by atoms with van der Waals surface area (Å²) >= 11 is 1.42. The molecule has 0 N–H and O–H groups in total. The van der Waals surface area contributed by atoms with Crippen molar-refractivity contribution in [1.29, 1.82) is 0 Å². The van der Waals surface area contributed by atoms with Crippen molar-refractivity contribution in [3.63, 3.8) is 0 Å². The molecule has 0 fully saturated rings. The molecular formula is C20H22N2O5S. The Hall–Kier alpha value is -3.00. The van der Waals surface area contributed by atoms with Crippen LogP contribution in [0.15, 0.2) is 35.3 Å². The van der Waals surface area contributed by atoms with E-state index in [1.165, 1.54) is 32.7 Å². The van der Waals surface area contributed by atoms with Crippen molar-refractivity contribution in [1.82, 2.24) is 4.57 Å². The summed E-state index contributed by atoms with van der Waals surface area (Å²) in [5.41, 5.74) is 1.25. The Kier molecular flexibility index (Phi) is 5.89. The normalized spacial score (nSPS) is 11.5. The molecule has 2 aromatic carbocycles. The van der Waals surface area contributed by atoms with E-state index in [0.717, 1.165) is 16.0 Å². The molecule has 0 unspecified atom stereocenters. The van der Waals surface area contributed by atoms with Gasteiger partial charge in [-0.2, -0.15) is 4.99 Å². The summed E-state index contributed by atoms with van der Waals surface area (Å²) in [5, 5.41) is 0. The molecule has 0 atom stereocenters. The Morgan fingerprint density at radius 2 is 1.75 bits per heavy atom. The zero-order valence-electron chi connectivity index (χ0n) is 16.4. The second-order valence-electron chi connectivity index (χ2n) is 5.81. The van der Waals surface area contributed by atoms with Crippen LogP contribution in [0.25, 0.3) is 10.2 Å². The standard InChI is InChI=1S/C20H22N2O5S/c1-6-27-13-8-7-9-16-17(13)22(2)20(28-16)21-19(23)12-10-14(24-3)18(26-5)15(11-12)25-4/h7-11H,6H2,1-5H3. The van der Waals surface area contributed by atoms with E-state index in [9.17, 15) is 4.79 Å². The fourth-order valence-electron chi connectivity index (χ4n) is 2.90. The van der Waals surface area contributed by atoms with Gasteiger partial charge in [-0.05, 0) is 31.2 Å². The molecule has 148 valence electrons. The predicted octanol–water partition coefficient (Wildman–Crippen LogP) is 3.41. The van der Waals surface area contributed by atoms with Gasteiger partial charge >= 0.3 is 0 Å². The van der Waals surface area contributed by atoms with E-state index >= 15 is 0 Å². The van der Waals surface area contributed by atoms with E-state index in [2.05, 4.69) is 4.99 Å². The average Bonchev–Trinajstić information content (AvgIpc) is 3.03. The molecule has 0 saturated heterocycles. The minimum Gasteiger partial charge on any atom is -0.493 e. The number of hydrogen-bond donors (Lipinski definition) is 0. The molecule has 0 bridgehead atoms. The van der Waals surface area contributed by atoms with Gasteiger partial charge in [0.15, 0.2) is 16.3 Å². The van der Waals surface area contributed by atoms with Crippen LogP contribution >= 0.6 is 11.3 Å². The van der Waals surface area contributed by atoms with Gasteiger partial charge in [0.25, 0.3) is 5.91 Å². The molecule has 1 aromatic heterocycles. The van der Waals surface area contributed by atoms with E-state index in [4.69, 9.17) is 18.9 Å². The second-order valence-corrected chi connectivity index (χ2v) is 6.82. The van der Waals surface area contributed by atoms with Gasteiger partial charge in [-0.3, -0.25) is 4.79 Å². The highest BCUT2D eigenvalue weighted by Crippen LogP contribution is 2.38. The third kappa shape index (κ3) is 3.55. The van der Waals surface area contributed by atoms with Gasteiger partial charge in [-0.15, -0.1) is 0 Å². The minimum atomic E-state index is -0.403. The first-order valence-corrected chi connectivity index (χ1v) is 9.46. The molecule has 1 heterocycles. The van der Waals surface area contributed by atoms with E-state index < -0.39 is 5.91 Å². The van der Waals surface area contributed by atoms with Crippen molar-refractivity contribution in [3.8, 4) is 23.0 Å². The molecule has 0 saturated carbocycles. The van der Waals surface area contributed by atoms with Crippen LogP contribution in [-0.4, -0.2) is 38.4 Å². The first-order chi connectivity index (χ1) is 13.5. The summed E-state index contributed by atoms with van der Waals surface area (Å²) in [4.78, 5) is 17.7. The third-order valence-corrected chi connectivity index (χ3v) is 5.29. The maximum atomic E-state index is 12.8. The number of carbonyl (C=O) groups is 1. The topological polar surface area (TPSA) is 71.3 Å². The van der Waals surface area contributed by atoms with Crippen LogP contribution in [-0.2, 0) is 7.05 Å². The fraction of sp³-hybridized carbons (Fsp3) is 0.300. The lowest BCUT2D eigenvalue weighted by Gasteiger charge is -2.12. The Morgan fingerprint density at radius 3 is 2.32 bits per heavy atom. The number of thiazole rings is 1. The van der Waals surface area contributed by atoms with Crippen LogP contribution in [0.1, 0.15) is 17.3 Å². The van der Waals surface area contributed by atoms with Crippen molar-refractivity contribution >= 4 is 27.5 Å². The Labute approximate surface area is 166 Å². The van der Waals surface area contributed by atoms with Gasteiger partial charge in [-0.25, -0.2) is 0 Å². The Bertz CT molecular complexity index is 1060. The molecule has 0 aliphatic heterocycles.